The van der Waals surface area contributed by atoms with Crippen LogP contribution in [0.25, 0.3) is 10.2 Å². The molecule has 0 N–H and O–H groups in total. The summed E-state index contributed by atoms with van der Waals surface area (Å²) in [6.45, 7) is 0. The van der Waals surface area contributed by atoms with E-state index in [-0.39, 0.29) is 5.82 Å². The van der Waals surface area contributed by atoms with E-state index in [9.17, 15) is 4.39 Å². The van der Waals surface area contributed by atoms with E-state index in [1.165, 1.54) is 40.8 Å². The third-order valence-electron chi connectivity index (χ3n) is 3.98. The molecule has 0 spiro atoms. The molecule has 1 aliphatic carbocycles. The van der Waals surface area contributed by atoms with Gasteiger partial charge < -0.3 is 0 Å². The molecule has 0 aliphatic heterocycles. The Balaban J connectivity index is 1.71. The Labute approximate surface area is 146 Å². The minimum atomic E-state index is -0.191. The van der Waals surface area contributed by atoms with Crippen molar-refractivity contribution in [1.29, 1.82) is 0 Å². The number of nitrogens with zero attached hydrogens (tertiary/aromatic N) is 2. The number of aromatic nitrogens is 2. The summed E-state index contributed by atoms with van der Waals surface area (Å²) in [5.41, 5.74) is 2.57. The van der Waals surface area contributed by atoms with E-state index < -0.39 is 0 Å². The van der Waals surface area contributed by atoms with Crippen molar-refractivity contribution < 1.29 is 4.39 Å². The van der Waals surface area contributed by atoms with Crippen molar-refractivity contribution in [2.75, 3.05) is 6.26 Å². The predicted molar refractivity (Wildman–Crippen MR) is 97.2 cm³/mol. The highest BCUT2D eigenvalue weighted by atomic mass is 32.2. The van der Waals surface area contributed by atoms with Crippen molar-refractivity contribution in [2.24, 2.45) is 0 Å². The van der Waals surface area contributed by atoms with Crippen LogP contribution < -0.4 is 0 Å². The molecule has 118 valence electrons. The summed E-state index contributed by atoms with van der Waals surface area (Å²) in [5, 5.41) is 3.16. The molecule has 23 heavy (non-hydrogen) atoms. The van der Waals surface area contributed by atoms with Gasteiger partial charge in [-0.15, -0.1) is 23.1 Å². The number of rotatable bonds is 4. The van der Waals surface area contributed by atoms with E-state index in [4.69, 9.17) is 9.97 Å². The largest absolute Gasteiger partial charge is 0.215 e. The second-order valence-electron chi connectivity index (χ2n) is 5.47. The number of hydrogen-bond acceptors (Lipinski definition) is 5. The lowest BCUT2D eigenvalue weighted by molar-refractivity contribution is 0.627. The first-order chi connectivity index (χ1) is 11.2. The Morgan fingerprint density at radius 3 is 2.78 bits per heavy atom. The molecule has 0 saturated carbocycles. The molecule has 2 aromatic heterocycles. The molecule has 4 rings (SSSR count). The molecule has 0 bridgehead atoms. The standard InChI is InChI=1S/C17H15FN2S3/c1-21-17-19-15(22-9-10-5-7-11(18)8-6-10)14-12-3-2-4-13(12)23-16(14)20-17/h5-8H,2-4,9H2,1H3. The first-order valence-electron chi connectivity index (χ1n) is 7.48. The third-order valence-corrected chi connectivity index (χ3v) is 6.76. The summed E-state index contributed by atoms with van der Waals surface area (Å²) >= 11 is 5.14. The fourth-order valence-corrected chi connectivity index (χ4v) is 5.69. The quantitative estimate of drug-likeness (QED) is 0.356. The van der Waals surface area contributed by atoms with Gasteiger partial charge in [0.1, 0.15) is 15.7 Å². The van der Waals surface area contributed by atoms with Gasteiger partial charge in [0.2, 0.25) is 0 Å². The van der Waals surface area contributed by atoms with Crippen LogP contribution in [-0.4, -0.2) is 16.2 Å². The number of thiophene rings is 1. The fourth-order valence-electron chi connectivity index (χ4n) is 2.87. The zero-order valence-corrected chi connectivity index (χ0v) is 15.1. The van der Waals surface area contributed by atoms with Crippen molar-refractivity contribution in [1.82, 2.24) is 9.97 Å². The maximum absolute atomic E-state index is 13.0. The number of hydrogen-bond donors (Lipinski definition) is 0. The first-order valence-corrected chi connectivity index (χ1v) is 10.5. The van der Waals surface area contributed by atoms with Gasteiger partial charge in [0.15, 0.2) is 5.16 Å². The molecule has 0 unspecified atom stereocenters. The lowest BCUT2D eigenvalue weighted by atomic mass is 10.2. The van der Waals surface area contributed by atoms with E-state index in [0.29, 0.717) is 0 Å². The smallest absolute Gasteiger partial charge is 0.189 e. The van der Waals surface area contributed by atoms with E-state index in [1.54, 1.807) is 23.5 Å². The van der Waals surface area contributed by atoms with Crippen LogP contribution in [0.1, 0.15) is 22.4 Å². The van der Waals surface area contributed by atoms with Gasteiger partial charge in [-0.2, -0.15) is 0 Å². The minimum Gasteiger partial charge on any atom is -0.215 e. The van der Waals surface area contributed by atoms with Crippen molar-refractivity contribution in [3.63, 3.8) is 0 Å². The molecule has 2 nitrogen and oxygen atoms in total. The van der Waals surface area contributed by atoms with Crippen LogP contribution in [0.2, 0.25) is 0 Å². The normalized spacial score (nSPS) is 13.7. The Hall–Kier alpha value is -1.11. The summed E-state index contributed by atoms with van der Waals surface area (Å²) < 4.78 is 13.0. The van der Waals surface area contributed by atoms with E-state index >= 15 is 0 Å². The van der Waals surface area contributed by atoms with E-state index in [0.717, 1.165) is 32.7 Å². The van der Waals surface area contributed by atoms with Crippen LogP contribution >= 0.6 is 34.9 Å². The Morgan fingerprint density at radius 1 is 1.17 bits per heavy atom. The Morgan fingerprint density at radius 2 is 2.00 bits per heavy atom. The van der Waals surface area contributed by atoms with E-state index in [1.807, 2.05) is 29.7 Å². The molecular weight excluding hydrogens is 347 g/mol. The van der Waals surface area contributed by atoms with Gasteiger partial charge in [-0.05, 0) is 48.8 Å². The van der Waals surface area contributed by atoms with Crippen molar-refractivity contribution >= 4 is 45.1 Å². The predicted octanol–water partition coefficient (Wildman–Crippen LogP) is 5.33. The summed E-state index contributed by atoms with van der Waals surface area (Å²) in [6, 6.07) is 6.71. The van der Waals surface area contributed by atoms with Crippen molar-refractivity contribution in [3.05, 3.63) is 46.1 Å². The number of benzene rings is 1. The topological polar surface area (TPSA) is 25.8 Å². The van der Waals surface area contributed by atoms with Crippen LogP contribution in [0.3, 0.4) is 0 Å². The number of aryl methyl sites for hydroxylation is 2. The number of fused-ring (bicyclic) bond motifs is 3. The van der Waals surface area contributed by atoms with Gasteiger partial charge in [0.05, 0.1) is 0 Å². The molecule has 0 amide bonds. The number of thioether (sulfide) groups is 2. The van der Waals surface area contributed by atoms with Gasteiger partial charge in [-0.25, -0.2) is 14.4 Å². The van der Waals surface area contributed by atoms with Crippen LogP contribution in [0.15, 0.2) is 34.4 Å². The molecule has 3 aromatic rings. The van der Waals surface area contributed by atoms with Gasteiger partial charge >= 0.3 is 0 Å². The molecule has 1 aromatic carbocycles. The molecule has 0 saturated heterocycles. The van der Waals surface area contributed by atoms with Crippen LogP contribution in [-0.2, 0) is 18.6 Å². The molecule has 1 aliphatic rings. The maximum Gasteiger partial charge on any atom is 0.189 e. The maximum atomic E-state index is 13.0. The average Bonchev–Trinajstić information content (AvgIpc) is 3.14. The lowest BCUT2D eigenvalue weighted by Crippen LogP contribution is -1.92. The van der Waals surface area contributed by atoms with Crippen molar-refractivity contribution in [2.45, 2.75) is 35.2 Å². The molecular formula is C17H15FN2S3. The Kier molecular flexibility index (Phi) is 4.30. The lowest BCUT2D eigenvalue weighted by Gasteiger charge is -2.06. The zero-order chi connectivity index (χ0) is 15.8. The summed E-state index contributed by atoms with van der Waals surface area (Å²) in [7, 11) is 0. The Bertz CT molecular complexity index is 858. The zero-order valence-electron chi connectivity index (χ0n) is 12.6. The van der Waals surface area contributed by atoms with Gasteiger partial charge in [0, 0.05) is 16.0 Å². The van der Waals surface area contributed by atoms with Gasteiger partial charge in [0.25, 0.3) is 0 Å². The van der Waals surface area contributed by atoms with Gasteiger partial charge in [-0.1, -0.05) is 23.9 Å². The molecule has 0 fully saturated rings. The molecule has 0 radical (unpaired) electrons. The SMILES string of the molecule is CSc1nc(SCc2ccc(F)cc2)c2c3c(sc2n1)CCC3. The van der Waals surface area contributed by atoms with Crippen molar-refractivity contribution in [3.8, 4) is 0 Å². The van der Waals surface area contributed by atoms with Gasteiger partial charge in [-0.3, -0.25) is 0 Å². The highest BCUT2D eigenvalue weighted by Crippen LogP contribution is 2.41. The minimum absolute atomic E-state index is 0.191. The molecule has 2 heterocycles. The summed E-state index contributed by atoms with van der Waals surface area (Å²) in [6.07, 6.45) is 5.56. The monoisotopic (exact) mass is 362 g/mol. The highest BCUT2D eigenvalue weighted by molar-refractivity contribution is 7.99. The first kappa shape index (κ1) is 15.4. The summed E-state index contributed by atoms with van der Waals surface area (Å²) in [4.78, 5) is 12.0. The second-order valence-corrected chi connectivity index (χ2v) is 8.29. The summed E-state index contributed by atoms with van der Waals surface area (Å²) in [5.74, 6) is 0.605. The highest BCUT2D eigenvalue weighted by Gasteiger charge is 2.22. The molecule has 6 heteroatoms. The van der Waals surface area contributed by atoms with Crippen LogP contribution in [0, 0.1) is 5.82 Å². The third kappa shape index (κ3) is 2.99. The van der Waals surface area contributed by atoms with Crippen LogP contribution in [0.5, 0.6) is 0 Å². The fraction of sp³-hybridized carbons (Fsp3) is 0.294. The van der Waals surface area contributed by atoms with E-state index in [2.05, 4.69) is 0 Å². The van der Waals surface area contributed by atoms with Crippen LogP contribution in [0.4, 0.5) is 4.39 Å². The average molecular weight is 363 g/mol. The second kappa shape index (κ2) is 6.42. The molecule has 0 atom stereocenters. The number of halogens is 1.